The third-order valence-electron chi connectivity index (χ3n) is 4.70. The molecular weight excluding hydrogens is 316 g/mol. The normalized spacial score (nSPS) is 17.6. The predicted octanol–water partition coefficient (Wildman–Crippen LogP) is 1.32. The zero-order chi connectivity index (χ0) is 17.5. The summed E-state index contributed by atoms with van der Waals surface area (Å²) < 4.78 is 3.88. The van der Waals surface area contributed by atoms with Crippen molar-refractivity contribution in [2.75, 3.05) is 19.6 Å². The van der Waals surface area contributed by atoms with E-state index in [1.165, 1.54) is 12.8 Å². The van der Waals surface area contributed by atoms with Crippen molar-refractivity contribution < 1.29 is 4.79 Å². The van der Waals surface area contributed by atoms with Crippen LogP contribution in [-0.2, 0) is 24.3 Å². The molecule has 0 bridgehead atoms. The van der Waals surface area contributed by atoms with Gasteiger partial charge in [-0.15, -0.1) is 0 Å². The molecule has 7 heteroatoms. The molecule has 2 N–H and O–H groups in total. The third kappa shape index (κ3) is 4.92. The fourth-order valence-corrected chi connectivity index (χ4v) is 3.33. The number of aromatic nitrogens is 4. The number of rotatable bonds is 8. The van der Waals surface area contributed by atoms with Crippen LogP contribution in [0.5, 0.6) is 0 Å². The molecule has 1 amide bonds. The fourth-order valence-electron chi connectivity index (χ4n) is 3.33. The van der Waals surface area contributed by atoms with Crippen molar-refractivity contribution >= 4 is 5.91 Å². The van der Waals surface area contributed by atoms with Crippen molar-refractivity contribution in [2.24, 2.45) is 0 Å². The number of hydrogen-bond acceptors (Lipinski definition) is 4. The van der Waals surface area contributed by atoms with E-state index in [-0.39, 0.29) is 12.5 Å². The number of piperidine rings is 1. The van der Waals surface area contributed by atoms with Crippen LogP contribution in [0.2, 0.25) is 0 Å². The van der Waals surface area contributed by atoms with Gasteiger partial charge < -0.3 is 15.2 Å². The molecule has 1 fully saturated rings. The molecule has 0 aromatic carbocycles. The Morgan fingerprint density at radius 3 is 3.16 bits per heavy atom. The van der Waals surface area contributed by atoms with Crippen molar-refractivity contribution in [3.05, 3.63) is 36.2 Å². The lowest BCUT2D eigenvalue weighted by Crippen LogP contribution is -2.30. The van der Waals surface area contributed by atoms with Crippen molar-refractivity contribution in [1.82, 2.24) is 30.0 Å². The predicted molar refractivity (Wildman–Crippen MR) is 96.3 cm³/mol. The van der Waals surface area contributed by atoms with E-state index in [0.717, 1.165) is 44.0 Å². The highest BCUT2D eigenvalue weighted by Gasteiger charge is 2.17. The lowest BCUT2D eigenvalue weighted by Gasteiger charge is -2.20. The van der Waals surface area contributed by atoms with E-state index in [1.54, 1.807) is 4.68 Å². The quantitative estimate of drug-likeness (QED) is 0.708. The van der Waals surface area contributed by atoms with Crippen molar-refractivity contribution in [2.45, 2.75) is 51.6 Å². The van der Waals surface area contributed by atoms with Gasteiger partial charge >= 0.3 is 0 Å². The van der Waals surface area contributed by atoms with Gasteiger partial charge in [0.15, 0.2) is 0 Å². The second-order valence-corrected chi connectivity index (χ2v) is 6.58. The number of hydrogen-bond donors (Lipinski definition) is 2. The Morgan fingerprint density at radius 2 is 2.36 bits per heavy atom. The Kier molecular flexibility index (Phi) is 6.22. The van der Waals surface area contributed by atoms with Gasteiger partial charge in [0.1, 0.15) is 12.4 Å². The molecule has 0 aliphatic carbocycles. The smallest absolute Gasteiger partial charge is 0.241 e. The lowest BCUT2D eigenvalue weighted by molar-refractivity contribution is -0.121. The molecule has 1 aliphatic rings. The topological polar surface area (TPSA) is 76.8 Å². The number of carbonyl (C=O) groups is 1. The van der Waals surface area contributed by atoms with Gasteiger partial charge in [-0.2, -0.15) is 5.10 Å². The molecule has 3 heterocycles. The number of nitrogens with one attached hydrogen (secondary N) is 2. The largest absolute Gasteiger partial charge is 0.354 e. The summed E-state index contributed by atoms with van der Waals surface area (Å²) in [4.78, 5) is 16.4. The maximum absolute atomic E-state index is 12.1. The molecule has 1 unspecified atom stereocenters. The minimum atomic E-state index is 0.0118. The van der Waals surface area contributed by atoms with Crippen LogP contribution >= 0.6 is 0 Å². The molecule has 2 aromatic heterocycles. The van der Waals surface area contributed by atoms with E-state index in [2.05, 4.69) is 32.2 Å². The monoisotopic (exact) mass is 344 g/mol. The van der Waals surface area contributed by atoms with Gasteiger partial charge in [0.25, 0.3) is 0 Å². The Balaban J connectivity index is 1.38. The van der Waals surface area contributed by atoms with Gasteiger partial charge in [-0.3, -0.25) is 9.48 Å². The van der Waals surface area contributed by atoms with E-state index >= 15 is 0 Å². The van der Waals surface area contributed by atoms with Crippen molar-refractivity contribution in [3.8, 4) is 0 Å². The van der Waals surface area contributed by atoms with Crippen LogP contribution in [0.3, 0.4) is 0 Å². The van der Waals surface area contributed by atoms with E-state index in [1.807, 2.05) is 24.7 Å². The molecule has 7 nitrogen and oxygen atoms in total. The first-order valence-electron chi connectivity index (χ1n) is 9.27. The minimum Gasteiger partial charge on any atom is -0.354 e. The first-order valence-corrected chi connectivity index (χ1v) is 9.27. The number of amides is 1. The van der Waals surface area contributed by atoms with Gasteiger partial charge in [0, 0.05) is 50.6 Å². The molecule has 136 valence electrons. The fraction of sp³-hybridized carbons (Fsp3) is 0.611. The standard InChI is InChI=1S/C18H28N6O/c1-2-17-20-9-12-23(17)10-4-8-21-18(25)14-24-11-6-16(22-24)15-5-3-7-19-13-15/h6,9,11-12,15,19H,2-5,7-8,10,13-14H2,1H3,(H,21,25). The van der Waals surface area contributed by atoms with Gasteiger partial charge in [-0.05, 0) is 31.9 Å². The van der Waals surface area contributed by atoms with E-state index < -0.39 is 0 Å². The Hall–Kier alpha value is -2.15. The second kappa shape index (κ2) is 8.80. The van der Waals surface area contributed by atoms with E-state index in [0.29, 0.717) is 12.5 Å². The number of aryl methyl sites for hydroxylation is 2. The molecular formula is C18H28N6O. The summed E-state index contributed by atoms with van der Waals surface area (Å²) in [6, 6.07) is 2.04. The van der Waals surface area contributed by atoms with Gasteiger partial charge in [-0.25, -0.2) is 4.98 Å². The molecule has 1 atom stereocenters. The highest BCUT2D eigenvalue weighted by molar-refractivity contribution is 5.75. The van der Waals surface area contributed by atoms with Crippen LogP contribution in [-0.4, -0.2) is 44.9 Å². The maximum Gasteiger partial charge on any atom is 0.241 e. The van der Waals surface area contributed by atoms with Crippen LogP contribution in [0.25, 0.3) is 0 Å². The summed E-state index contributed by atoms with van der Waals surface area (Å²) in [7, 11) is 0. The SMILES string of the molecule is CCc1nccn1CCCNC(=O)Cn1ccc(C2CCCNC2)n1. The zero-order valence-corrected chi connectivity index (χ0v) is 14.9. The highest BCUT2D eigenvalue weighted by atomic mass is 16.2. The number of nitrogens with zero attached hydrogens (tertiary/aromatic N) is 4. The summed E-state index contributed by atoms with van der Waals surface area (Å²) in [6.07, 6.45) is 9.91. The summed E-state index contributed by atoms with van der Waals surface area (Å²) in [5, 5.41) is 10.9. The van der Waals surface area contributed by atoms with Crippen LogP contribution in [0.15, 0.2) is 24.7 Å². The molecule has 3 rings (SSSR count). The summed E-state index contributed by atoms with van der Waals surface area (Å²) in [5.41, 5.74) is 1.09. The maximum atomic E-state index is 12.1. The third-order valence-corrected chi connectivity index (χ3v) is 4.70. The average molecular weight is 344 g/mol. The van der Waals surface area contributed by atoms with E-state index in [4.69, 9.17) is 0 Å². The average Bonchev–Trinajstić information content (AvgIpc) is 3.28. The number of carbonyl (C=O) groups excluding carboxylic acids is 1. The lowest BCUT2D eigenvalue weighted by atomic mass is 9.97. The molecule has 0 spiro atoms. The van der Waals surface area contributed by atoms with Gasteiger partial charge in [0.05, 0.1) is 5.69 Å². The minimum absolute atomic E-state index is 0.0118. The molecule has 1 aliphatic heterocycles. The molecule has 2 aromatic rings. The zero-order valence-electron chi connectivity index (χ0n) is 14.9. The van der Waals surface area contributed by atoms with Crippen molar-refractivity contribution in [3.63, 3.8) is 0 Å². The van der Waals surface area contributed by atoms with Gasteiger partial charge in [0.2, 0.25) is 5.91 Å². The van der Waals surface area contributed by atoms with E-state index in [9.17, 15) is 4.79 Å². The summed E-state index contributed by atoms with van der Waals surface area (Å²) >= 11 is 0. The summed E-state index contributed by atoms with van der Waals surface area (Å²) in [6.45, 7) is 6.01. The molecule has 1 saturated heterocycles. The Bertz CT molecular complexity index is 671. The first kappa shape index (κ1) is 17.7. The van der Waals surface area contributed by atoms with Crippen LogP contribution in [0.1, 0.15) is 43.6 Å². The Morgan fingerprint density at radius 1 is 1.44 bits per heavy atom. The highest BCUT2D eigenvalue weighted by Crippen LogP contribution is 2.21. The second-order valence-electron chi connectivity index (χ2n) is 6.58. The number of imidazole rings is 1. The Labute approximate surface area is 148 Å². The van der Waals surface area contributed by atoms with Crippen LogP contribution < -0.4 is 10.6 Å². The molecule has 25 heavy (non-hydrogen) atoms. The summed E-state index contributed by atoms with van der Waals surface area (Å²) in [5.74, 6) is 1.58. The van der Waals surface area contributed by atoms with Crippen LogP contribution in [0.4, 0.5) is 0 Å². The molecule has 0 radical (unpaired) electrons. The first-order chi connectivity index (χ1) is 12.3. The van der Waals surface area contributed by atoms with Crippen molar-refractivity contribution in [1.29, 1.82) is 0 Å². The molecule has 0 saturated carbocycles. The van der Waals surface area contributed by atoms with Crippen LogP contribution in [0, 0.1) is 0 Å². The van der Waals surface area contributed by atoms with Gasteiger partial charge in [-0.1, -0.05) is 6.92 Å².